The Bertz CT molecular complexity index is 391. The minimum atomic E-state index is 0.173. The zero-order chi connectivity index (χ0) is 12.1. The van der Waals surface area contributed by atoms with Crippen LogP contribution in [0.3, 0.4) is 0 Å². The molecule has 1 aromatic rings. The second-order valence-electron chi connectivity index (χ2n) is 4.20. The predicted octanol–water partition coefficient (Wildman–Crippen LogP) is 2.74. The minimum absolute atomic E-state index is 0.173. The zero-order valence-corrected chi connectivity index (χ0v) is 11.2. The third-order valence-electron chi connectivity index (χ3n) is 2.97. The Morgan fingerprint density at radius 2 is 2.18 bits per heavy atom. The first kappa shape index (κ1) is 12.4. The summed E-state index contributed by atoms with van der Waals surface area (Å²) >= 11 is 3.41. The van der Waals surface area contributed by atoms with Gasteiger partial charge in [0.2, 0.25) is 5.91 Å². The maximum atomic E-state index is 11.5. The van der Waals surface area contributed by atoms with E-state index in [0.717, 1.165) is 23.1 Å². The number of rotatable bonds is 5. The lowest BCUT2D eigenvalue weighted by atomic mass is 9.85. The molecular formula is C13H16BrNO2. The van der Waals surface area contributed by atoms with Crippen LogP contribution in [0.1, 0.15) is 19.3 Å². The SMILES string of the molecule is O=C(NCCOc1ccccc1Br)C1CCC1. The van der Waals surface area contributed by atoms with Gasteiger partial charge in [-0.15, -0.1) is 0 Å². The lowest BCUT2D eigenvalue weighted by Crippen LogP contribution is -2.36. The summed E-state index contributed by atoms with van der Waals surface area (Å²) < 4.78 is 6.49. The van der Waals surface area contributed by atoms with E-state index in [2.05, 4.69) is 21.2 Å². The largest absolute Gasteiger partial charge is 0.491 e. The number of hydrogen-bond donors (Lipinski definition) is 1. The number of hydrogen-bond acceptors (Lipinski definition) is 2. The topological polar surface area (TPSA) is 38.3 Å². The molecule has 0 saturated heterocycles. The summed E-state index contributed by atoms with van der Waals surface area (Å²) in [6.45, 7) is 1.07. The van der Waals surface area contributed by atoms with Crippen molar-refractivity contribution in [1.82, 2.24) is 5.32 Å². The van der Waals surface area contributed by atoms with E-state index in [1.54, 1.807) is 0 Å². The molecule has 17 heavy (non-hydrogen) atoms. The van der Waals surface area contributed by atoms with E-state index in [0.29, 0.717) is 13.2 Å². The van der Waals surface area contributed by atoms with Gasteiger partial charge in [-0.2, -0.15) is 0 Å². The number of para-hydroxylation sites is 1. The van der Waals surface area contributed by atoms with Crippen LogP contribution >= 0.6 is 15.9 Å². The first-order valence-electron chi connectivity index (χ1n) is 5.92. The number of benzene rings is 1. The van der Waals surface area contributed by atoms with Gasteiger partial charge in [0.1, 0.15) is 12.4 Å². The van der Waals surface area contributed by atoms with Crippen LogP contribution < -0.4 is 10.1 Å². The Morgan fingerprint density at radius 1 is 1.41 bits per heavy atom. The van der Waals surface area contributed by atoms with E-state index in [-0.39, 0.29) is 11.8 Å². The number of ether oxygens (including phenoxy) is 1. The molecule has 0 bridgehead atoms. The average Bonchev–Trinajstić information content (AvgIpc) is 2.24. The number of nitrogens with one attached hydrogen (secondary N) is 1. The van der Waals surface area contributed by atoms with E-state index in [9.17, 15) is 4.79 Å². The molecule has 1 aromatic carbocycles. The van der Waals surface area contributed by atoms with Crippen molar-refractivity contribution in [2.24, 2.45) is 5.92 Å². The van der Waals surface area contributed by atoms with E-state index in [1.807, 2.05) is 24.3 Å². The van der Waals surface area contributed by atoms with Crippen LogP contribution in [0.4, 0.5) is 0 Å². The molecule has 4 heteroatoms. The molecule has 0 heterocycles. The maximum absolute atomic E-state index is 11.5. The monoisotopic (exact) mass is 297 g/mol. The molecule has 0 aromatic heterocycles. The smallest absolute Gasteiger partial charge is 0.223 e. The molecule has 92 valence electrons. The van der Waals surface area contributed by atoms with Gasteiger partial charge in [-0.1, -0.05) is 18.6 Å². The fourth-order valence-corrected chi connectivity index (χ4v) is 2.11. The van der Waals surface area contributed by atoms with Crippen LogP contribution in [-0.2, 0) is 4.79 Å². The van der Waals surface area contributed by atoms with Gasteiger partial charge in [0.15, 0.2) is 0 Å². The molecule has 1 fully saturated rings. The van der Waals surface area contributed by atoms with Gasteiger partial charge < -0.3 is 10.1 Å². The minimum Gasteiger partial charge on any atom is -0.491 e. The normalized spacial score (nSPS) is 15.1. The van der Waals surface area contributed by atoms with Crippen LogP contribution in [-0.4, -0.2) is 19.1 Å². The summed E-state index contributed by atoms with van der Waals surface area (Å²) in [4.78, 5) is 11.5. The summed E-state index contributed by atoms with van der Waals surface area (Å²) in [5.41, 5.74) is 0. The molecule has 0 unspecified atom stereocenters. The van der Waals surface area contributed by atoms with Crippen molar-refractivity contribution in [1.29, 1.82) is 0 Å². The van der Waals surface area contributed by atoms with E-state index in [1.165, 1.54) is 6.42 Å². The molecule has 3 nitrogen and oxygen atoms in total. The molecule has 1 N–H and O–H groups in total. The van der Waals surface area contributed by atoms with Crippen molar-refractivity contribution in [3.05, 3.63) is 28.7 Å². The zero-order valence-electron chi connectivity index (χ0n) is 9.62. The molecule has 0 aliphatic heterocycles. The molecule has 1 saturated carbocycles. The Kier molecular flexibility index (Phi) is 4.42. The lowest BCUT2D eigenvalue weighted by Gasteiger charge is -2.24. The van der Waals surface area contributed by atoms with E-state index >= 15 is 0 Å². The van der Waals surface area contributed by atoms with Crippen molar-refractivity contribution in [3.8, 4) is 5.75 Å². The van der Waals surface area contributed by atoms with Gasteiger partial charge in [0.05, 0.1) is 11.0 Å². The molecule has 1 aliphatic rings. The fraction of sp³-hybridized carbons (Fsp3) is 0.462. The highest BCUT2D eigenvalue weighted by Crippen LogP contribution is 2.26. The summed E-state index contributed by atoms with van der Waals surface area (Å²) in [5.74, 6) is 1.23. The van der Waals surface area contributed by atoms with Gasteiger partial charge in [-0.3, -0.25) is 4.79 Å². The van der Waals surface area contributed by atoms with Gasteiger partial charge in [-0.05, 0) is 40.9 Å². The molecule has 1 amide bonds. The second-order valence-corrected chi connectivity index (χ2v) is 5.05. The third kappa shape index (κ3) is 3.46. The van der Waals surface area contributed by atoms with Crippen LogP contribution in [0.5, 0.6) is 5.75 Å². The van der Waals surface area contributed by atoms with Crippen molar-refractivity contribution < 1.29 is 9.53 Å². The molecule has 0 spiro atoms. The van der Waals surface area contributed by atoms with Crippen LogP contribution in [0.25, 0.3) is 0 Å². The Balaban J connectivity index is 1.66. The average molecular weight is 298 g/mol. The first-order valence-corrected chi connectivity index (χ1v) is 6.71. The van der Waals surface area contributed by atoms with Gasteiger partial charge in [-0.25, -0.2) is 0 Å². The molecule has 1 aliphatic carbocycles. The highest BCUT2D eigenvalue weighted by Gasteiger charge is 2.24. The number of carbonyl (C=O) groups is 1. The standard InChI is InChI=1S/C13H16BrNO2/c14-11-6-1-2-7-12(11)17-9-8-15-13(16)10-4-3-5-10/h1-2,6-7,10H,3-5,8-9H2,(H,15,16). The Hall–Kier alpha value is -1.03. The van der Waals surface area contributed by atoms with Crippen molar-refractivity contribution in [2.45, 2.75) is 19.3 Å². The van der Waals surface area contributed by atoms with Gasteiger partial charge in [0.25, 0.3) is 0 Å². The molecular weight excluding hydrogens is 282 g/mol. The molecule has 2 rings (SSSR count). The number of amides is 1. The lowest BCUT2D eigenvalue weighted by molar-refractivity contribution is -0.127. The summed E-state index contributed by atoms with van der Waals surface area (Å²) in [5, 5.41) is 2.90. The van der Waals surface area contributed by atoms with E-state index in [4.69, 9.17) is 4.74 Å². The number of carbonyl (C=O) groups excluding carboxylic acids is 1. The van der Waals surface area contributed by atoms with Crippen molar-refractivity contribution in [3.63, 3.8) is 0 Å². The summed E-state index contributed by atoms with van der Waals surface area (Å²) in [7, 11) is 0. The highest BCUT2D eigenvalue weighted by atomic mass is 79.9. The van der Waals surface area contributed by atoms with Gasteiger partial charge in [0, 0.05) is 5.92 Å². The third-order valence-corrected chi connectivity index (χ3v) is 3.63. The second kappa shape index (κ2) is 6.05. The van der Waals surface area contributed by atoms with Crippen LogP contribution in [0.15, 0.2) is 28.7 Å². The first-order chi connectivity index (χ1) is 8.27. The Labute approximate surface area is 110 Å². The van der Waals surface area contributed by atoms with Crippen LogP contribution in [0.2, 0.25) is 0 Å². The van der Waals surface area contributed by atoms with E-state index < -0.39 is 0 Å². The van der Waals surface area contributed by atoms with Crippen molar-refractivity contribution >= 4 is 21.8 Å². The Morgan fingerprint density at radius 3 is 2.82 bits per heavy atom. The fourth-order valence-electron chi connectivity index (χ4n) is 1.71. The maximum Gasteiger partial charge on any atom is 0.223 e. The summed E-state index contributed by atoms with van der Waals surface area (Å²) in [6.07, 6.45) is 3.26. The molecule has 0 radical (unpaired) electrons. The quantitative estimate of drug-likeness (QED) is 0.849. The van der Waals surface area contributed by atoms with Crippen LogP contribution in [0, 0.1) is 5.92 Å². The van der Waals surface area contributed by atoms with Gasteiger partial charge >= 0.3 is 0 Å². The highest BCUT2D eigenvalue weighted by molar-refractivity contribution is 9.10. The molecule has 0 atom stereocenters. The van der Waals surface area contributed by atoms with Crippen molar-refractivity contribution in [2.75, 3.05) is 13.2 Å². The predicted molar refractivity (Wildman–Crippen MR) is 70.0 cm³/mol. The summed E-state index contributed by atoms with van der Waals surface area (Å²) in [6, 6.07) is 7.70. The number of halogens is 1.